The smallest absolute Gasteiger partial charge is 0.261 e. The molecule has 8 nitrogen and oxygen atoms in total. The number of carbonyl (C=O) groups excluding carboxylic acids is 3. The Labute approximate surface area is 158 Å². The van der Waals surface area contributed by atoms with Gasteiger partial charge in [0.1, 0.15) is 0 Å². The average molecular weight is 393 g/mol. The summed E-state index contributed by atoms with van der Waals surface area (Å²) in [5, 5.41) is 0. The molecule has 3 rings (SSSR count). The third-order valence-electron chi connectivity index (χ3n) is 4.97. The number of imide groups is 1. The number of fused-ring (bicyclic) bond motifs is 1. The van der Waals surface area contributed by atoms with Crippen LogP contribution in [-0.4, -0.2) is 78.2 Å². The number of benzene rings is 1. The summed E-state index contributed by atoms with van der Waals surface area (Å²) < 4.78 is 25.3. The Morgan fingerprint density at radius 2 is 1.63 bits per heavy atom. The molecule has 0 radical (unpaired) electrons. The van der Waals surface area contributed by atoms with Crippen LogP contribution in [-0.2, 0) is 10.0 Å². The molecule has 1 fully saturated rings. The van der Waals surface area contributed by atoms with Crippen molar-refractivity contribution in [3.8, 4) is 0 Å². The van der Waals surface area contributed by atoms with Crippen LogP contribution in [0, 0.1) is 0 Å². The Morgan fingerprint density at radius 3 is 2.19 bits per heavy atom. The molecular weight excluding hydrogens is 370 g/mol. The zero-order chi connectivity index (χ0) is 19.9. The van der Waals surface area contributed by atoms with E-state index in [2.05, 4.69) is 0 Å². The van der Waals surface area contributed by atoms with Crippen LogP contribution in [0.5, 0.6) is 0 Å². The van der Waals surface area contributed by atoms with Gasteiger partial charge in [0.15, 0.2) is 0 Å². The summed E-state index contributed by atoms with van der Waals surface area (Å²) in [7, 11) is -3.26. The normalized spacial score (nSPS) is 18.4. The number of hydrogen-bond acceptors (Lipinski definition) is 5. The summed E-state index contributed by atoms with van der Waals surface area (Å²) >= 11 is 0. The number of nitrogens with zero attached hydrogens (tertiary/aromatic N) is 3. The second-order valence-corrected chi connectivity index (χ2v) is 9.18. The lowest BCUT2D eigenvalue weighted by Gasteiger charge is -2.33. The number of amides is 3. The van der Waals surface area contributed by atoms with Gasteiger partial charge in [-0.05, 0) is 39.0 Å². The minimum absolute atomic E-state index is 0.0360. The van der Waals surface area contributed by atoms with Gasteiger partial charge in [0.25, 0.3) is 17.7 Å². The SMILES string of the molecule is CCS(=O)(=O)N1CCN(C(=O)c2ccc3c(c2)C(=O)N(C(C)C)C3=O)CC1. The summed E-state index contributed by atoms with van der Waals surface area (Å²) in [5.41, 5.74) is 0.878. The van der Waals surface area contributed by atoms with Gasteiger partial charge in [0, 0.05) is 37.8 Å². The van der Waals surface area contributed by atoms with Gasteiger partial charge in [-0.1, -0.05) is 0 Å². The first-order chi connectivity index (χ1) is 12.7. The first-order valence-electron chi connectivity index (χ1n) is 8.96. The zero-order valence-corrected chi connectivity index (χ0v) is 16.5. The zero-order valence-electron chi connectivity index (χ0n) is 15.6. The molecule has 1 aromatic rings. The summed E-state index contributed by atoms with van der Waals surface area (Å²) in [6.45, 7) is 6.21. The largest absolute Gasteiger partial charge is 0.336 e. The maximum Gasteiger partial charge on any atom is 0.261 e. The fourth-order valence-corrected chi connectivity index (χ4v) is 4.48. The molecule has 27 heavy (non-hydrogen) atoms. The number of piperazine rings is 1. The highest BCUT2D eigenvalue weighted by Crippen LogP contribution is 2.26. The van der Waals surface area contributed by atoms with Gasteiger partial charge >= 0.3 is 0 Å². The van der Waals surface area contributed by atoms with Gasteiger partial charge < -0.3 is 4.90 Å². The molecule has 2 aliphatic heterocycles. The summed E-state index contributed by atoms with van der Waals surface area (Å²) in [4.78, 5) is 40.4. The third-order valence-corrected chi connectivity index (χ3v) is 6.85. The molecule has 0 atom stereocenters. The highest BCUT2D eigenvalue weighted by Gasteiger charge is 2.38. The molecule has 3 amide bonds. The molecule has 0 aromatic heterocycles. The van der Waals surface area contributed by atoms with Gasteiger partial charge in [0.05, 0.1) is 16.9 Å². The van der Waals surface area contributed by atoms with Crippen molar-refractivity contribution in [2.75, 3.05) is 31.9 Å². The molecular formula is C18H23N3O5S. The lowest BCUT2D eigenvalue weighted by Crippen LogP contribution is -2.50. The third kappa shape index (κ3) is 3.37. The van der Waals surface area contributed by atoms with Gasteiger partial charge in [-0.3, -0.25) is 19.3 Å². The topological polar surface area (TPSA) is 95.1 Å². The standard InChI is InChI=1S/C18H23N3O5S/c1-4-27(25,26)20-9-7-19(8-10-20)16(22)13-5-6-14-15(11-13)18(24)21(12(2)3)17(14)23/h5-6,11-12H,4,7-10H2,1-3H3. The van der Waals surface area contributed by atoms with Gasteiger partial charge in [-0.15, -0.1) is 0 Å². The van der Waals surface area contributed by atoms with Crippen LogP contribution < -0.4 is 0 Å². The molecule has 0 saturated carbocycles. The van der Waals surface area contributed by atoms with Crippen molar-refractivity contribution in [3.05, 3.63) is 34.9 Å². The van der Waals surface area contributed by atoms with E-state index in [1.54, 1.807) is 31.7 Å². The van der Waals surface area contributed by atoms with Crippen molar-refractivity contribution in [2.24, 2.45) is 0 Å². The minimum Gasteiger partial charge on any atom is -0.336 e. The van der Waals surface area contributed by atoms with E-state index in [1.807, 2.05) is 0 Å². The van der Waals surface area contributed by atoms with Crippen molar-refractivity contribution in [1.82, 2.24) is 14.1 Å². The quantitative estimate of drug-likeness (QED) is 0.705. The van der Waals surface area contributed by atoms with E-state index in [1.165, 1.54) is 21.3 Å². The number of hydrogen-bond donors (Lipinski definition) is 0. The number of sulfonamides is 1. The Morgan fingerprint density at radius 1 is 1.04 bits per heavy atom. The molecule has 9 heteroatoms. The van der Waals surface area contributed by atoms with Crippen molar-refractivity contribution in [3.63, 3.8) is 0 Å². The van der Waals surface area contributed by atoms with E-state index in [0.29, 0.717) is 24.2 Å². The monoisotopic (exact) mass is 393 g/mol. The fraction of sp³-hybridized carbons (Fsp3) is 0.500. The fourth-order valence-electron chi connectivity index (χ4n) is 3.40. The van der Waals surface area contributed by atoms with Gasteiger partial charge in [0.2, 0.25) is 10.0 Å². The molecule has 146 valence electrons. The van der Waals surface area contributed by atoms with Crippen LogP contribution in [0.2, 0.25) is 0 Å². The van der Waals surface area contributed by atoms with Crippen molar-refractivity contribution in [2.45, 2.75) is 26.8 Å². The van der Waals surface area contributed by atoms with Crippen LogP contribution in [0.15, 0.2) is 18.2 Å². The second kappa shape index (κ2) is 7.05. The Hall–Kier alpha value is -2.26. The highest BCUT2D eigenvalue weighted by molar-refractivity contribution is 7.89. The van der Waals surface area contributed by atoms with Crippen LogP contribution in [0.25, 0.3) is 0 Å². The summed E-state index contributed by atoms with van der Waals surface area (Å²) in [5.74, 6) is -0.968. The Balaban J connectivity index is 1.77. The van der Waals surface area contributed by atoms with Crippen molar-refractivity contribution >= 4 is 27.7 Å². The molecule has 0 bridgehead atoms. The predicted molar refractivity (Wildman–Crippen MR) is 99.0 cm³/mol. The van der Waals surface area contributed by atoms with Crippen LogP contribution in [0.3, 0.4) is 0 Å². The van der Waals surface area contributed by atoms with E-state index >= 15 is 0 Å². The molecule has 0 spiro atoms. The summed E-state index contributed by atoms with van der Waals surface area (Å²) in [6.07, 6.45) is 0. The number of carbonyl (C=O) groups is 3. The number of rotatable bonds is 4. The second-order valence-electron chi connectivity index (χ2n) is 6.93. The van der Waals surface area contributed by atoms with E-state index in [9.17, 15) is 22.8 Å². The van der Waals surface area contributed by atoms with Crippen LogP contribution >= 0.6 is 0 Å². The first-order valence-corrected chi connectivity index (χ1v) is 10.6. The van der Waals surface area contributed by atoms with E-state index in [-0.39, 0.29) is 42.3 Å². The molecule has 0 aliphatic carbocycles. The maximum atomic E-state index is 12.8. The molecule has 1 aromatic carbocycles. The van der Waals surface area contributed by atoms with Crippen molar-refractivity contribution in [1.29, 1.82) is 0 Å². The lowest BCUT2D eigenvalue weighted by atomic mass is 10.0. The van der Waals surface area contributed by atoms with Gasteiger partial charge in [-0.25, -0.2) is 8.42 Å². The Kier molecular flexibility index (Phi) is 5.09. The molecule has 0 unspecified atom stereocenters. The lowest BCUT2D eigenvalue weighted by molar-refractivity contribution is 0.0608. The molecule has 0 N–H and O–H groups in total. The Bertz CT molecular complexity index is 902. The van der Waals surface area contributed by atoms with E-state index in [0.717, 1.165) is 0 Å². The average Bonchev–Trinajstić information content (AvgIpc) is 2.91. The molecule has 2 aliphatic rings. The summed E-state index contributed by atoms with van der Waals surface area (Å²) in [6, 6.07) is 4.27. The van der Waals surface area contributed by atoms with Crippen LogP contribution in [0.4, 0.5) is 0 Å². The van der Waals surface area contributed by atoms with Crippen molar-refractivity contribution < 1.29 is 22.8 Å². The van der Waals surface area contributed by atoms with Gasteiger partial charge in [-0.2, -0.15) is 4.31 Å². The highest BCUT2D eigenvalue weighted by atomic mass is 32.2. The predicted octanol–water partition coefficient (Wildman–Crippen LogP) is 0.798. The van der Waals surface area contributed by atoms with E-state index < -0.39 is 15.9 Å². The van der Waals surface area contributed by atoms with E-state index in [4.69, 9.17) is 0 Å². The van der Waals surface area contributed by atoms with Crippen LogP contribution in [0.1, 0.15) is 51.8 Å². The molecule has 2 heterocycles. The first kappa shape index (κ1) is 19.5. The maximum absolute atomic E-state index is 12.8. The molecule has 1 saturated heterocycles. The minimum atomic E-state index is -3.26.